The Morgan fingerprint density at radius 3 is 2.72 bits per heavy atom. The summed E-state index contributed by atoms with van der Waals surface area (Å²) in [7, 11) is 0. The summed E-state index contributed by atoms with van der Waals surface area (Å²) < 4.78 is 27.2. The number of hydrogen-bond acceptors (Lipinski definition) is 2. The molecule has 2 rings (SSSR count). The molecule has 0 bridgehead atoms. The summed E-state index contributed by atoms with van der Waals surface area (Å²) in [5.41, 5.74) is 0.690. The van der Waals surface area contributed by atoms with Crippen molar-refractivity contribution in [2.45, 2.75) is 12.5 Å². The molecule has 94 valence electrons. The van der Waals surface area contributed by atoms with Crippen LogP contribution in [0.2, 0.25) is 0 Å². The van der Waals surface area contributed by atoms with Crippen molar-refractivity contribution in [2.24, 2.45) is 0 Å². The zero-order chi connectivity index (χ0) is 13.1. The van der Waals surface area contributed by atoms with Crippen LogP contribution in [-0.2, 0) is 6.42 Å². The van der Waals surface area contributed by atoms with Gasteiger partial charge in [0.25, 0.3) is 0 Å². The van der Waals surface area contributed by atoms with E-state index in [9.17, 15) is 13.9 Å². The molecule has 0 saturated heterocycles. The molecule has 2 aromatic rings. The van der Waals surface area contributed by atoms with Crippen molar-refractivity contribution < 1.29 is 13.9 Å². The highest BCUT2D eigenvalue weighted by Gasteiger charge is 2.13. The Kier molecular flexibility index (Phi) is 4.04. The molecule has 0 aliphatic carbocycles. The predicted molar refractivity (Wildman–Crippen MR) is 67.0 cm³/mol. The molecule has 0 saturated carbocycles. The van der Waals surface area contributed by atoms with Gasteiger partial charge in [-0.3, -0.25) is 4.98 Å². The van der Waals surface area contributed by atoms with Gasteiger partial charge in [0, 0.05) is 22.7 Å². The average Bonchev–Trinajstić information content (AvgIpc) is 2.34. The molecule has 0 aliphatic rings. The standard InChI is InChI=1S/C13H10BrF2NO/c14-10-1-2-12(16)8(3-10)5-13(18)9-4-11(15)7-17-6-9/h1-4,6-7,13,18H,5H2. The lowest BCUT2D eigenvalue weighted by molar-refractivity contribution is 0.176. The molecular weight excluding hydrogens is 304 g/mol. The van der Waals surface area contributed by atoms with Crippen LogP contribution in [0.5, 0.6) is 0 Å². The summed E-state index contributed by atoms with van der Waals surface area (Å²) >= 11 is 3.23. The van der Waals surface area contributed by atoms with E-state index in [2.05, 4.69) is 20.9 Å². The number of benzene rings is 1. The van der Waals surface area contributed by atoms with E-state index in [1.807, 2.05) is 0 Å². The topological polar surface area (TPSA) is 33.1 Å². The van der Waals surface area contributed by atoms with Crippen LogP contribution in [0, 0.1) is 11.6 Å². The molecule has 18 heavy (non-hydrogen) atoms. The van der Waals surface area contributed by atoms with Crippen molar-refractivity contribution in [3.8, 4) is 0 Å². The summed E-state index contributed by atoms with van der Waals surface area (Å²) in [6.07, 6.45) is 1.49. The first-order chi connectivity index (χ1) is 8.56. The van der Waals surface area contributed by atoms with Gasteiger partial charge in [0.2, 0.25) is 0 Å². The maximum Gasteiger partial charge on any atom is 0.141 e. The molecule has 0 amide bonds. The highest BCUT2D eigenvalue weighted by atomic mass is 79.9. The van der Waals surface area contributed by atoms with Crippen LogP contribution in [0.25, 0.3) is 0 Å². The number of aliphatic hydroxyl groups excluding tert-OH is 1. The number of rotatable bonds is 3. The van der Waals surface area contributed by atoms with Gasteiger partial charge in [-0.05, 0) is 29.8 Å². The van der Waals surface area contributed by atoms with E-state index >= 15 is 0 Å². The van der Waals surface area contributed by atoms with Gasteiger partial charge in [-0.25, -0.2) is 8.78 Å². The fourth-order valence-corrected chi connectivity index (χ4v) is 2.04. The van der Waals surface area contributed by atoms with Gasteiger partial charge in [-0.1, -0.05) is 15.9 Å². The van der Waals surface area contributed by atoms with Gasteiger partial charge in [0.1, 0.15) is 11.6 Å². The lowest BCUT2D eigenvalue weighted by atomic mass is 10.0. The highest BCUT2D eigenvalue weighted by Crippen LogP contribution is 2.22. The van der Waals surface area contributed by atoms with Crippen LogP contribution in [0.1, 0.15) is 17.2 Å². The third-order valence-corrected chi connectivity index (χ3v) is 3.03. The number of hydrogen-bond donors (Lipinski definition) is 1. The van der Waals surface area contributed by atoms with Crippen LogP contribution in [0.15, 0.2) is 41.1 Å². The van der Waals surface area contributed by atoms with Crippen molar-refractivity contribution in [3.05, 3.63) is 63.9 Å². The Morgan fingerprint density at radius 2 is 2.00 bits per heavy atom. The lowest BCUT2D eigenvalue weighted by Gasteiger charge is -2.11. The second-order valence-corrected chi connectivity index (χ2v) is 4.81. The van der Waals surface area contributed by atoms with E-state index < -0.39 is 17.7 Å². The van der Waals surface area contributed by atoms with E-state index in [4.69, 9.17) is 0 Å². The zero-order valence-corrected chi connectivity index (χ0v) is 10.9. The smallest absolute Gasteiger partial charge is 0.141 e. The van der Waals surface area contributed by atoms with Crippen molar-refractivity contribution in [1.29, 1.82) is 0 Å². The normalized spacial score (nSPS) is 12.4. The zero-order valence-electron chi connectivity index (χ0n) is 9.28. The molecule has 1 atom stereocenters. The first kappa shape index (κ1) is 13.1. The summed E-state index contributed by atoms with van der Waals surface area (Å²) in [6, 6.07) is 5.67. The van der Waals surface area contributed by atoms with Crippen LogP contribution >= 0.6 is 15.9 Å². The first-order valence-corrected chi connectivity index (χ1v) is 6.08. The van der Waals surface area contributed by atoms with Gasteiger partial charge in [0.05, 0.1) is 12.3 Å². The monoisotopic (exact) mass is 313 g/mol. The summed E-state index contributed by atoms with van der Waals surface area (Å²) in [4.78, 5) is 3.65. The number of pyridine rings is 1. The SMILES string of the molecule is OC(Cc1cc(Br)ccc1F)c1cncc(F)c1. The van der Waals surface area contributed by atoms with Crippen LogP contribution in [-0.4, -0.2) is 10.1 Å². The highest BCUT2D eigenvalue weighted by molar-refractivity contribution is 9.10. The molecule has 2 nitrogen and oxygen atoms in total. The van der Waals surface area contributed by atoms with Gasteiger partial charge in [-0.2, -0.15) is 0 Å². The average molecular weight is 314 g/mol. The van der Waals surface area contributed by atoms with Gasteiger partial charge in [-0.15, -0.1) is 0 Å². The number of aliphatic hydroxyl groups is 1. The Morgan fingerprint density at radius 1 is 1.22 bits per heavy atom. The maximum atomic E-state index is 13.5. The Bertz CT molecular complexity index is 562. The minimum absolute atomic E-state index is 0.0659. The van der Waals surface area contributed by atoms with E-state index in [1.165, 1.54) is 18.3 Å². The third kappa shape index (κ3) is 3.11. The number of halogens is 3. The largest absolute Gasteiger partial charge is 0.388 e. The minimum atomic E-state index is -0.989. The second-order valence-electron chi connectivity index (χ2n) is 3.89. The fraction of sp³-hybridized carbons (Fsp3) is 0.154. The summed E-state index contributed by atoms with van der Waals surface area (Å²) in [6.45, 7) is 0. The maximum absolute atomic E-state index is 13.5. The molecule has 1 heterocycles. The third-order valence-electron chi connectivity index (χ3n) is 2.53. The van der Waals surface area contributed by atoms with E-state index in [0.717, 1.165) is 10.7 Å². The Labute approximate surface area is 111 Å². The van der Waals surface area contributed by atoms with Crippen LogP contribution < -0.4 is 0 Å². The van der Waals surface area contributed by atoms with Crippen molar-refractivity contribution in [3.63, 3.8) is 0 Å². The molecule has 5 heteroatoms. The van der Waals surface area contributed by atoms with Gasteiger partial charge in [0.15, 0.2) is 0 Å². The van der Waals surface area contributed by atoms with Crippen LogP contribution in [0.4, 0.5) is 8.78 Å². The van der Waals surface area contributed by atoms with Gasteiger partial charge < -0.3 is 5.11 Å². The lowest BCUT2D eigenvalue weighted by Crippen LogP contribution is -2.04. The quantitative estimate of drug-likeness (QED) is 0.942. The van der Waals surface area contributed by atoms with E-state index in [-0.39, 0.29) is 6.42 Å². The van der Waals surface area contributed by atoms with Crippen molar-refractivity contribution in [2.75, 3.05) is 0 Å². The number of aromatic nitrogens is 1. The fourth-order valence-electron chi connectivity index (χ4n) is 1.64. The Balaban J connectivity index is 2.21. The second kappa shape index (κ2) is 5.54. The summed E-state index contributed by atoms with van der Waals surface area (Å²) in [5, 5.41) is 9.93. The van der Waals surface area contributed by atoms with Crippen molar-refractivity contribution >= 4 is 15.9 Å². The summed E-state index contributed by atoms with van der Waals surface area (Å²) in [5.74, 6) is -0.928. The van der Waals surface area contributed by atoms with E-state index in [1.54, 1.807) is 12.1 Å². The van der Waals surface area contributed by atoms with Crippen molar-refractivity contribution in [1.82, 2.24) is 4.98 Å². The minimum Gasteiger partial charge on any atom is -0.388 e. The molecule has 0 spiro atoms. The van der Waals surface area contributed by atoms with E-state index in [0.29, 0.717) is 11.1 Å². The van der Waals surface area contributed by atoms with Gasteiger partial charge >= 0.3 is 0 Å². The Hall–Kier alpha value is -1.33. The molecule has 1 unspecified atom stereocenters. The van der Waals surface area contributed by atoms with Crippen LogP contribution in [0.3, 0.4) is 0 Å². The molecule has 0 aliphatic heterocycles. The molecule has 1 N–H and O–H groups in total. The predicted octanol–water partition coefficient (Wildman–Crippen LogP) is 3.40. The first-order valence-electron chi connectivity index (χ1n) is 5.28. The number of nitrogens with zero attached hydrogens (tertiary/aromatic N) is 1. The molecule has 0 fully saturated rings. The molecule has 0 radical (unpaired) electrons. The molecule has 1 aromatic heterocycles. The molecular formula is C13H10BrF2NO. The molecule has 1 aromatic carbocycles.